The average Bonchev–Trinajstić information content (AvgIpc) is 3.30. The van der Waals surface area contributed by atoms with Crippen LogP contribution in [0.3, 0.4) is 0 Å². The van der Waals surface area contributed by atoms with Crippen molar-refractivity contribution in [3.8, 4) is 10.6 Å². The molecule has 4 rings (SSSR count). The molecule has 1 amide bonds. The number of para-hydroxylation sites is 1. The number of hydrogen-bond acceptors (Lipinski definition) is 2. The van der Waals surface area contributed by atoms with Crippen molar-refractivity contribution in [2.24, 2.45) is 0 Å². The number of aromatic nitrogens is 1. The fourth-order valence-electron chi connectivity index (χ4n) is 3.01. The lowest BCUT2D eigenvalue weighted by molar-refractivity contribution is -0.121. The van der Waals surface area contributed by atoms with Crippen LogP contribution in [0.4, 0.5) is 0 Å². The van der Waals surface area contributed by atoms with Gasteiger partial charge in [-0.2, -0.15) is 0 Å². The van der Waals surface area contributed by atoms with E-state index in [0.29, 0.717) is 11.6 Å². The number of rotatable bonds is 5. The first-order chi connectivity index (χ1) is 12.7. The van der Waals surface area contributed by atoms with Crippen LogP contribution in [0.15, 0.2) is 72.1 Å². The maximum Gasteiger partial charge on any atom is 0.240 e. The first-order valence-corrected chi connectivity index (χ1v) is 9.60. The van der Waals surface area contributed by atoms with Gasteiger partial charge in [0.25, 0.3) is 0 Å². The van der Waals surface area contributed by atoms with Gasteiger partial charge in [0.2, 0.25) is 5.91 Å². The van der Waals surface area contributed by atoms with Crippen molar-refractivity contribution in [1.82, 2.24) is 9.88 Å². The van der Waals surface area contributed by atoms with E-state index < -0.39 is 0 Å². The molecule has 3 nitrogen and oxygen atoms in total. The van der Waals surface area contributed by atoms with E-state index >= 15 is 0 Å². The minimum atomic E-state index is -0.0147. The lowest BCUT2D eigenvalue weighted by Gasteiger charge is -2.11. The van der Waals surface area contributed by atoms with Gasteiger partial charge in [-0.25, -0.2) is 0 Å². The molecule has 1 N–H and O–H groups in total. The second kappa shape index (κ2) is 7.36. The number of carbonyl (C=O) groups excluding carboxylic acids is 1. The van der Waals surface area contributed by atoms with E-state index in [4.69, 9.17) is 11.6 Å². The number of fused-ring (bicyclic) bond motifs is 1. The molecule has 4 aromatic rings. The molecule has 2 heterocycles. The van der Waals surface area contributed by atoms with E-state index in [0.717, 1.165) is 27.0 Å². The smallest absolute Gasteiger partial charge is 0.240 e. The van der Waals surface area contributed by atoms with Crippen molar-refractivity contribution in [1.29, 1.82) is 0 Å². The number of amides is 1. The number of nitrogens with one attached hydrogen (secondary N) is 1. The van der Waals surface area contributed by atoms with Gasteiger partial charge in [-0.1, -0.05) is 48.0 Å². The second-order valence-electron chi connectivity index (χ2n) is 6.06. The van der Waals surface area contributed by atoms with E-state index in [-0.39, 0.29) is 12.5 Å². The summed E-state index contributed by atoms with van der Waals surface area (Å²) in [6.07, 6.45) is 0. The Hall–Kier alpha value is -2.56. The summed E-state index contributed by atoms with van der Waals surface area (Å²) in [4.78, 5) is 13.7. The molecule has 26 heavy (non-hydrogen) atoms. The summed E-state index contributed by atoms with van der Waals surface area (Å²) in [7, 11) is 0. The van der Waals surface area contributed by atoms with Crippen molar-refractivity contribution >= 4 is 39.7 Å². The van der Waals surface area contributed by atoms with Crippen molar-refractivity contribution in [2.45, 2.75) is 13.1 Å². The van der Waals surface area contributed by atoms with Crippen molar-refractivity contribution in [2.75, 3.05) is 0 Å². The molecule has 0 unspecified atom stereocenters. The molecule has 0 aliphatic carbocycles. The van der Waals surface area contributed by atoms with Gasteiger partial charge in [0, 0.05) is 22.5 Å². The lowest BCUT2D eigenvalue weighted by atomic mass is 10.2. The summed E-state index contributed by atoms with van der Waals surface area (Å²) in [6.45, 7) is 0.776. The van der Waals surface area contributed by atoms with Gasteiger partial charge in [-0.05, 0) is 41.3 Å². The molecule has 0 aliphatic rings. The van der Waals surface area contributed by atoms with Gasteiger partial charge in [0.15, 0.2) is 0 Å². The van der Waals surface area contributed by atoms with Crippen LogP contribution in [0.2, 0.25) is 5.02 Å². The van der Waals surface area contributed by atoms with Gasteiger partial charge in [0.05, 0.1) is 10.6 Å². The van der Waals surface area contributed by atoms with Crippen LogP contribution in [-0.2, 0) is 17.9 Å². The largest absolute Gasteiger partial charge is 0.350 e. The Labute approximate surface area is 160 Å². The zero-order valence-corrected chi connectivity index (χ0v) is 15.6. The Bertz CT molecular complexity index is 1040. The summed E-state index contributed by atoms with van der Waals surface area (Å²) in [5.74, 6) is -0.0147. The van der Waals surface area contributed by atoms with Gasteiger partial charge >= 0.3 is 0 Å². The molecule has 5 heteroatoms. The van der Waals surface area contributed by atoms with Crippen molar-refractivity contribution in [3.05, 3.63) is 82.7 Å². The molecule has 0 aliphatic heterocycles. The SMILES string of the molecule is O=C(Cn1c(-c2cccs2)cc2ccccc21)NCc1ccc(Cl)cc1. The molecular formula is C21H17ClN2OS. The molecular weight excluding hydrogens is 364 g/mol. The number of hydrogen-bond donors (Lipinski definition) is 1. The number of nitrogens with zero attached hydrogens (tertiary/aromatic N) is 1. The van der Waals surface area contributed by atoms with Crippen molar-refractivity contribution < 1.29 is 4.79 Å². The monoisotopic (exact) mass is 380 g/mol. The van der Waals surface area contributed by atoms with E-state index in [9.17, 15) is 4.79 Å². The Kier molecular flexibility index (Phi) is 4.78. The van der Waals surface area contributed by atoms with Crippen LogP contribution in [0.25, 0.3) is 21.5 Å². The van der Waals surface area contributed by atoms with Crippen molar-refractivity contribution in [3.63, 3.8) is 0 Å². The lowest BCUT2D eigenvalue weighted by Crippen LogP contribution is -2.27. The normalized spacial score (nSPS) is 11.0. The van der Waals surface area contributed by atoms with Gasteiger partial charge in [-0.3, -0.25) is 4.79 Å². The Morgan fingerprint density at radius 3 is 2.62 bits per heavy atom. The first-order valence-electron chi connectivity index (χ1n) is 8.34. The quantitative estimate of drug-likeness (QED) is 0.498. The van der Waals surface area contributed by atoms with Crippen LogP contribution in [-0.4, -0.2) is 10.5 Å². The van der Waals surface area contributed by atoms with Gasteiger partial charge in [0.1, 0.15) is 6.54 Å². The average molecular weight is 381 g/mol. The molecule has 130 valence electrons. The highest BCUT2D eigenvalue weighted by atomic mass is 35.5. The standard InChI is InChI=1S/C21H17ClN2OS/c22-17-9-7-15(8-10-17)13-23-21(25)14-24-18-5-2-1-4-16(18)12-19(24)20-6-3-11-26-20/h1-12H,13-14H2,(H,23,25). The summed E-state index contributed by atoms with van der Waals surface area (Å²) >= 11 is 7.58. The second-order valence-corrected chi connectivity index (χ2v) is 7.44. The summed E-state index contributed by atoms with van der Waals surface area (Å²) in [5.41, 5.74) is 3.17. The highest BCUT2D eigenvalue weighted by Gasteiger charge is 2.14. The van der Waals surface area contributed by atoms with E-state index in [1.54, 1.807) is 11.3 Å². The molecule has 0 radical (unpaired) electrons. The molecule has 0 saturated carbocycles. The van der Waals surface area contributed by atoms with Crippen LogP contribution in [0.5, 0.6) is 0 Å². The third kappa shape index (κ3) is 3.52. The first kappa shape index (κ1) is 16.9. The zero-order valence-electron chi connectivity index (χ0n) is 14.0. The number of halogens is 1. The molecule has 0 atom stereocenters. The predicted octanol–water partition coefficient (Wildman–Crippen LogP) is 5.34. The highest BCUT2D eigenvalue weighted by Crippen LogP contribution is 2.31. The maximum absolute atomic E-state index is 12.6. The molecule has 0 spiro atoms. The maximum atomic E-state index is 12.6. The highest BCUT2D eigenvalue weighted by molar-refractivity contribution is 7.13. The Morgan fingerprint density at radius 1 is 1.04 bits per heavy atom. The van der Waals surface area contributed by atoms with E-state index in [1.165, 1.54) is 0 Å². The Morgan fingerprint density at radius 2 is 1.85 bits per heavy atom. The fraction of sp³-hybridized carbons (Fsp3) is 0.0952. The molecule has 0 fully saturated rings. The minimum absolute atomic E-state index is 0.0147. The summed E-state index contributed by atoms with van der Waals surface area (Å²) in [6, 6.07) is 21.9. The zero-order chi connectivity index (χ0) is 17.9. The van der Waals surface area contributed by atoms with Crippen LogP contribution in [0.1, 0.15) is 5.56 Å². The van der Waals surface area contributed by atoms with Gasteiger partial charge in [-0.15, -0.1) is 11.3 Å². The molecule has 2 aromatic carbocycles. The molecule has 0 bridgehead atoms. The molecule has 0 saturated heterocycles. The Balaban J connectivity index is 1.57. The third-order valence-electron chi connectivity index (χ3n) is 4.29. The van der Waals surface area contributed by atoms with Crippen LogP contribution >= 0.6 is 22.9 Å². The summed E-state index contributed by atoms with van der Waals surface area (Å²) < 4.78 is 2.08. The van der Waals surface area contributed by atoms with Crippen LogP contribution in [0, 0.1) is 0 Å². The van der Waals surface area contributed by atoms with Crippen LogP contribution < -0.4 is 5.32 Å². The van der Waals surface area contributed by atoms with E-state index in [2.05, 4.69) is 39.5 Å². The van der Waals surface area contributed by atoms with E-state index in [1.807, 2.05) is 42.5 Å². The number of carbonyl (C=O) groups is 1. The third-order valence-corrected chi connectivity index (χ3v) is 5.43. The number of benzene rings is 2. The molecule has 2 aromatic heterocycles. The topological polar surface area (TPSA) is 34.0 Å². The number of thiophene rings is 1. The van der Waals surface area contributed by atoms with Gasteiger partial charge < -0.3 is 9.88 Å². The summed E-state index contributed by atoms with van der Waals surface area (Å²) in [5, 5.41) is 6.88. The predicted molar refractivity (Wildman–Crippen MR) is 109 cm³/mol. The minimum Gasteiger partial charge on any atom is -0.350 e. The fourth-order valence-corrected chi connectivity index (χ4v) is 3.89.